The van der Waals surface area contributed by atoms with E-state index in [2.05, 4.69) is 5.32 Å². The summed E-state index contributed by atoms with van der Waals surface area (Å²) >= 11 is 0. The average Bonchev–Trinajstić information content (AvgIpc) is 2.29. The molecule has 1 saturated heterocycles. The second-order valence-corrected chi connectivity index (χ2v) is 2.92. The third-order valence-corrected chi connectivity index (χ3v) is 1.78. The van der Waals surface area contributed by atoms with Gasteiger partial charge in [-0.25, -0.2) is 8.78 Å². The Morgan fingerprint density at radius 2 is 2.00 bits per heavy atom. The topological polar surface area (TPSA) is 41.1 Å². The fourth-order valence-electron chi connectivity index (χ4n) is 1.05. The van der Waals surface area contributed by atoms with E-state index in [0.29, 0.717) is 0 Å². The van der Waals surface area contributed by atoms with E-state index in [4.69, 9.17) is 0 Å². The molecule has 1 aliphatic rings. The molecule has 1 fully saturated rings. The van der Waals surface area contributed by atoms with Crippen LogP contribution in [0.4, 0.5) is 22.0 Å². The normalized spacial score (nSPS) is 26.2. The number of nitrogens with one attached hydrogen (secondary N) is 2. The lowest BCUT2D eigenvalue weighted by Crippen LogP contribution is -2.50. The third kappa shape index (κ3) is 2.31. The van der Waals surface area contributed by atoms with Gasteiger partial charge in [-0.05, 0) is 0 Å². The van der Waals surface area contributed by atoms with Crippen molar-refractivity contribution in [2.75, 3.05) is 13.1 Å². The van der Waals surface area contributed by atoms with Crippen molar-refractivity contribution in [1.29, 1.82) is 0 Å². The molecule has 82 valence electrons. The Balaban J connectivity index is 2.57. The van der Waals surface area contributed by atoms with Crippen molar-refractivity contribution in [3.63, 3.8) is 0 Å². The molecule has 2 N–H and O–H groups in total. The van der Waals surface area contributed by atoms with E-state index in [-0.39, 0.29) is 6.54 Å². The van der Waals surface area contributed by atoms with E-state index in [1.807, 2.05) is 0 Å². The summed E-state index contributed by atoms with van der Waals surface area (Å²) in [5.74, 6) is -5.67. The second-order valence-electron chi connectivity index (χ2n) is 2.92. The highest BCUT2D eigenvalue weighted by Crippen LogP contribution is 2.23. The van der Waals surface area contributed by atoms with Crippen LogP contribution in [-0.4, -0.2) is 37.1 Å². The number of carbonyl (C=O) groups is 1. The van der Waals surface area contributed by atoms with Crippen LogP contribution in [0.1, 0.15) is 0 Å². The minimum Gasteiger partial charge on any atom is -0.338 e. The Hall–Kier alpha value is -0.920. The molecule has 1 heterocycles. The van der Waals surface area contributed by atoms with E-state index in [9.17, 15) is 26.7 Å². The fraction of sp³-hybridized carbons (Fsp3) is 0.833. The number of hydrogen-bond donors (Lipinski definition) is 2. The SMILES string of the molecule is O=C(N[C@@H]1CNCC1(F)F)C(F)(F)F. The number of alkyl halides is 5. The van der Waals surface area contributed by atoms with Crippen LogP contribution >= 0.6 is 0 Å². The lowest BCUT2D eigenvalue weighted by molar-refractivity contribution is -0.176. The van der Waals surface area contributed by atoms with Gasteiger partial charge in [-0.1, -0.05) is 0 Å². The lowest BCUT2D eigenvalue weighted by atomic mass is 10.2. The van der Waals surface area contributed by atoms with Crippen LogP contribution in [0.25, 0.3) is 0 Å². The number of carbonyl (C=O) groups excluding carboxylic acids is 1. The molecule has 0 spiro atoms. The Morgan fingerprint density at radius 3 is 2.36 bits per heavy atom. The maximum absolute atomic E-state index is 12.7. The zero-order valence-corrected chi connectivity index (χ0v) is 6.79. The molecule has 1 aliphatic heterocycles. The highest BCUT2D eigenvalue weighted by molar-refractivity contribution is 5.82. The van der Waals surface area contributed by atoms with E-state index in [0.717, 1.165) is 0 Å². The molecule has 14 heavy (non-hydrogen) atoms. The highest BCUT2D eigenvalue weighted by atomic mass is 19.4. The van der Waals surface area contributed by atoms with Crippen molar-refractivity contribution in [3.8, 4) is 0 Å². The molecule has 1 atom stereocenters. The van der Waals surface area contributed by atoms with Crippen molar-refractivity contribution in [3.05, 3.63) is 0 Å². The molecule has 1 rings (SSSR count). The van der Waals surface area contributed by atoms with Gasteiger partial charge in [0.15, 0.2) is 0 Å². The summed E-state index contributed by atoms with van der Waals surface area (Å²) in [6.07, 6.45) is -5.13. The molecule has 0 bridgehead atoms. The summed E-state index contributed by atoms with van der Waals surface area (Å²) < 4.78 is 60.5. The van der Waals surface area contributed by atoms with Gasteiger partial charge in [0, 0.05) is 6.54 Å². The Bertz CT molecular complexity index is 239. The maximum atomic E-state index is 12.7. The number of rotatable bonds is 1. The molecule has 0 aromatic carbocycles. The predicted molar refractivity (Wildman–Crippen MR) is 35.8 cm³/mol. The predicted octanol–water partition coefficient (Wildman–Crippen LogP) is 0.272. The van der Waals surface area contributed by atoms with Crippen LogP contribution in [-0.2, 0) is 4.79 Å². The summed E-state index contributed by atoms with van der Waals surface area (Å²) in [6, 6.07) is -1.79. The van der Waals surface area contributed by atoms with Crippen molar-refractivity contribution in [2.45, 2.75) is 18.1 Å². The number of amides is 1. The average molecular weight is 218 g/mol. The number of halogens is 5. The first kappa shape index (κ1) is 11.2. The van der Waals surface area contributed by atoms with Crippen molar-refractivity contribution in [2.24, 2.45) is 0 Å². The molecule has 3 nitrogen and oxygen atoms in total. The van der Waals surface area contributed by atoms with Crippen molar-refractivity contribution >= 4 is 5.91 Å². The first-order chi connectivity index (χ1) is 6.23. The van der Waals surface area contributed by atoms with Gasteiger partial charge in [0.05, 0.1) is 6.54 Å². The molecule has 8 heteroatoms. The van der Waals surface area contributed by atoms with Crippen LogP contribution in [0.5, 0.6) is 0 Å². The first-order valence-electron chi connectivity index (χ1n) is 3.70. The summed E-state index contributed by atoms with van der Waals surface area (Å²) in [5, 5.41) is 3.42. The Kier molecular flexibility index (Phi) is 2.66. The molecular formula is C6H7F5N2O. The maximum Gasteiger partial charge on any atom is 0.471 e. The number of hydrogen-bond acceptors (Lipinski definition) is 2. The smallest absolute Gasteiger partial charge is 0.338 e. The van der Waals surface area contributed by atoms with Crippen molar-refractivity contribution in [1.82, 2.24) is 10.6 Å². The molecule has 0 aliphatic carbocycles. The zero-order chi connectivity index (χ0) is 11.0. The van der Waals surface area contributed by atoms with E-state index >= 15 is 0 Å². The Labute approximate surface area is 75.6 Å². The van der Waals surface area contributed by atoms with Gasteiger partial charge in [0.2, 0.25) is 0 Å². The van der Waals surface area contributed by atoms with Gasteiger partial charge in [-0.15, -0.1) is 0 Å². The largest absolute Gasteiger partial charge is 0.471 e. The van der Waals surface area contributed by atoms with Gasteiger partial charge in [-0.3, -0.25) is 4.79 Å². The van der Waals surface area contributed by atoms with E-state index < -0.39 is 30.6 Å². The minimum absolute atomic E-state index is 0.366. The molecule has 0 aromatic rings. The van der Waals surface area contributed by atoms with Crippen LogP contribution < -0.4 is 10.6 Å². The lowest BCUT2D eigenvalue weighted by Gasteiger charge is -2.19. The quantitative estimate of drug-likeness (QED) is 0.620. The van der Waals surface area contributed by atoms with Crippen LogP contribution in [0.15, 0.2) is 0 Å². The summed E-state index contributed by atoms with van der Waals surface area (Å²) in [4.78, 5) is 10.3. The molecule has 0 unspecified atom stereocenters. The monoisotopic (exact) mass is 218 g/mol. The highest BCUT2D eigenvalue weighted by Gasteiger charge is 2.48. The molecule has 0 saturated carbocycles. The summed E-state index contributed by atoms with van der Waals surface area (Å²) in [6.45, 7) is -1.09. The van der Waals surface area contributed by atoms with Gasteiger partial charge in [0.1, 0.15) is 6.04 Å². The van der Waals surface area contributed by atoms with Crippen LogP contribution in [0.2, 0.25) is 0 Å². The van der Waals surface area contributed by atoms with Crippen LogP contribution in [0, 0.1) is 0 Å². The van der Waals surface area contributed by atoms with Crippen molar-refractivity contribution < 1.29 is 26.7 Å². The van der Waals surface area contributed by atoms with Gasteiger partial charge >= 0.3 is 12.1 Å². The Morgan fingerprint density at radius 1 is 1.43 bits per heavy atom. The molecular weight excluding hydrogens is 211 g/mol. The van der Waals surface area contributed by atoms with E-state index in [1.54, 1.807) is 0 Å². The third-order valence-electron chi connectivity index (χ3n) is 1.78. The van der Waals surface area contributed by atoms with E-state index in [1.165, 1.54) is 5.32 Å². The summed E-state index contributed by atoms with van der Waals surface area (Å²) in [5.41, 5.74) is 0. The minimum atomic E-state index is -5.13. The zero-order valence-electron chi connectivity index (χ0n) is 6.79. The molecule has 0 aromatic heterocycles. The molecule has 1 amide bonds. The van der Waals surface area contributed by atoms with Gasteiger partial charge in [0.25, 0.3) is 5.92 Å². The second kappa shape index (κ2) is 3.34. The standard InChI is InChI=1S/C6H7F5N2O/c7-5(8)2-12-1-3(5)13-4(14)6(9,10)11/h3,12H,1-2H2,(H,13,14)/t3-/m1/s1. The van der Waals surface area contributed by atoms with Gasteiger partial charge < -0.3 is 10.6 Å². The van der Waals surface area contributed by atoms with Gasteiger partial charge in [-0.2, -0.15) is 13.2 Å². The van der Waals surface area contributed by atoms with Crippen LogP contribution in [0.3, 0.4) is 0 Å². The first-order valence-corrected chi connectivity index (χ1v) is 3.70. The summed E-state index contributed by atoms with van der Waals surface area (Å²) in [7, 11) is 0. The fourth-order valence-corrected chi connectivity index (χ4v) is 1.05. The molecule has 0 radical (unpaired) electrons.